The summed E-state index contributed by atoms with van der Waals surface area (Å²) >= 11 is 0. The van der Waals surface area contributed by atoms with Crippen molar-refractivity contribution in [2.75, 3.05) is 33.7 Å². The van der Waals surface area contributed by atoms with Gasteiger partial charge in [0.25, 0.3) is 5.91 Å². The van der Waals surface area contributed by atoms with Crippen LogP contribution in [0, 0.1) is 13.8 Å². The van der Waals surface area contributed by atoms with Gasteiger partial charge in [-0.25, -0.2) is 0 Å². The Morgan fingerprint density at radius 2 is 2.04 bits per heavy atom. The first-order valence-electron chi connectivity index (χ1n) is 8.94. The van der Waals surface area contributed by atoms with E-state index in [2.05, 4.69) is 19.1 Å². The number of aromatic nitrogens is 1. The van der Waals surface area contributed by atoms with Crippen LogP contribution in [-0.2, 0) is 7.05 Å². The van der Waals surface area contributed by atoms with Crippen molar-refractivity contribution < 1.29 is 9.90 Å². The Labute approximate surface area is 149 Å². The number of carbonyl (C=O) groups is 1. The van der Waals surface area contributed by atoms with E-state index in [-0.39, 0.29) is 5.91 Å². The van der Waals surface area contributed by atoms with Gasteiger partial charge < -0.3 is 19.5 Å². The molecule has 0 unspecified atom stereocenters. The number of piperidine rings is 1. The first-order valence-corrected chi connectivity index (χ1v) is 8.94. The van der Waals surface area contributed by atoms with E-state index in [1.165, 1.54) is 5.56 Å². The molecule has 5 heteroatoms. The van der Waals surface area contributed by atoms with Gasteiger partial charge in [-0.3, -0.25) is 4.79 Å². The van der Waals surface area contributed by atoms with Crippen LogP contribution in [0.1, 0.15) is 34.5 Å². The van der Waals surface area contributed by atoms with Gasteiger partial charge >= 0.3 is 0 Å². The maximum Gasteiger partial charge on any atom is 0.270 e. The van der Waals surface area contributed by atoms with Gasteiger partial charge in [0.15, 0.2) is 0 Å². The number of aliphatic hydroxyl groups is 1. The van der Waals surface area contributed by atoms with Crippen LogP contribution < -0.4 is 0 Å². The molecule has 1 aliphatic heterocycles. The number of hydrogen-bond acceptors (Lipinski definition) is 3. The fourth-order valence-corrected chi connectivity index (χ4v) is 4.35. The Bertz CT molecular complexity index is 809. The summed E-state index contributed by atoms with van der Waals surface area (Å²) < 4.78 is 2.02. The van der Waals surface area contributed by atoms with Crippen LogP contribution in [0.4, 0.5) is 0 Å². The lowest BCUT2D eigenvalue weighted by Gasteiger charge is -2.40. The molecular formula is C20H29N3O2. The number of β-amino-alcohol motifs (C(OH)–C–C–N with tert-alkyl or cyclic N) is 1. The largest absolute Gasteiger partial charge is 0.387 e. The first-order chi connectivity index (χ1) is 11.7. The van der Waals surface area contributed by atoms with E-state index in [1.54, 1.807) is 0 Å². The molecule has 1 aromatic heterocycles. The topological polar surface area (TPSA) is 48.7 Å². The normalized spacial score (nSPS) is 21.3. The molecule has 2 heterocycles. The van der Waals surface area contributed by atoms with E-state index in [4.69, 9.17) is 0 Å². The molecule has 1 atom stereocenters. The number of hydrogen-bond donors (Lipinski definition) is 1. The van der Waals surface area contributed by atoms with Crippen LogP contribution >= 0.6 is 0 Å². The number of likely N-dealkylation sites (N-methyl/N-ethyl adjacent to an activating group) is 1. The van der Waals surface area contributed by atoms with Crippen molar-refractivity contribution in [3.63, 3.8) is 0 Å². The molecule has 0 spiro atoms. The Kier molecular flexibility index (Phi) is 4.64. The Hall–Kier alpha value is -1.85. The predicted molar refractivity (Wildman–Crippen MR) is 101 cm³/mol. The average molecular weight is 343 g/mol. The second-order valence-corrected chi connectivity index (χ2v) is 7.80. The SMILES string of the molecule is Cc1c(C(=O)N2CCC[C@](O)(CN(C)C)C2)n(C)c2c(C)cccc12. The summed E-state index contributed by atoms with van der Waals surface area (Å²) in [6.45, 7) is 5.76. The van der Waals surface area contributed by atoms with Crippen molar-refractivity contribution in [3.8, 4) is 0 Å². The van der Waals surface area contributed by atoms with Gasteiger partial charge in [-0.2, -0.15) is 0 Å². The van der Waals surface area contributed by atoms with Crippen molar-refractivity contribution in [2.24, 2.45) is 7.05 Å². The summed E-state index contributed by atoms with van der Waals surface area (Å²) in [7, 11) is 5.87. The number of likely N-dealkylation sites (tertiary alicyclic amines) is 1. The van der Waals surface area contributed by atoms with Crippen molar-refractivity contribution in [2.45, 2.75) is 32.3 Å². The molecular weight excluding hydrogens is 314 g/mol. The van der Waals surface area contributed by atoms with E-state index < -0.39 is 5.60 Å². The number of aryl methyl sites for hydroxylation is 3. The van der Waals surface area contributed by atoms with Gasteiger partial charge in [-0.1, -0.05) is 18.2 Å². The van der Waals surface area contributed by atoms with Crippen molar-refractivity contribution >= 4 is 16.8 Å². The van der Waals surface area contributed by atoms with Crippen LogP contribution in [0.25, 0.3) is 10.9 Å². The van der Waals surface area contributed by atoms with Crippen LogP contribution in [0.15, 0.2) is 18.2 Å². The molecule has 0 saturated carbocycles. The highest BCUT2D eigenvalue weighted by Crippen LogP contribution is 2.30. The molecule has 3 rings (SSSR count). The molecule has 0 bridgehead atoms. The lowest BCUT2D eigenvalue weighted by atomic mass is 9.92. The van der Waals surface area contributed by atoms with Gasteiger partial charge in [0.1, 0.15) is 5.69 Å². The van der Waals surface area contributed by atoms with Crippen LogP contribution in [0.2, 0.25) is 0 Å². The number of para-hydroxylation sites is 1. The third-order valence-electron chi connectivity index (χ3n) is 5.32. The van der Waals surface area contributed by atoms with E-state index in [0.29, 0.717) is 19.6 Å². The molecule has 25 heavy (non-hydrogen) atoms. The molecule has 0 aliphatic carbocycles. The lowest BCUT2D eigenvalue weighted by molar-refractivity contribution is -0.0393. The lowest BCUT2D eigenvalue weighted by Crippen LogP contribution is -2.54. The average Bonchev–Trinajstić information content (AvgIpc) is 2.78. The molecule has 5 nitrogen and oxygen atoms in total. The Morgan fingerprint density at radius 3 is 2.68 bits per heavy atom. The third kappa shape index (κ3) is 3.18. The number of benzene rings is 1. The van der Waals surface area contributed by atoms with Gasteiger partial charge in [-0.15, -0.1) is 0 Å². The molecule has 136 valence electrons. The smallest absolute Gasteiger partial charge is 0.270 e. The van der Waals surface area contributed by atoms with Crippen molar-refractivity contribution in [1.29, 1.82) is 0 Å². The molecule has 1 aliphatic rings. The highest BCUT2D eigenvalue weighted by molar-refractivity contribution is 6.02. The van der Waals surface area contributed by atoms with Gasteiger partial charge in [-0.05, 0) is 51.9 Å². The van der Waals surface area contributed by atoms with Crippen molar-refractivity contribution in [1.82, 2.24) is 14.4 Å². The summed E-state index contributed by atoms with van der Waals surface area (Å²) in [5.74, 6) is 0.0208. The molecule has 0 radical (unpaired) electrons. The van der Waals surface area contributed by atoms with Crippen LogP contribution in [0.5, 0.6) is 0 Å². The quantitative estimate of drug-likeness (QED) is 0.930. The number of fused-ring (bicyclic) bond motifs is 1. The molecule has 1 aromatic carbocycles. The molecule has 1 fully saturated rings. The van der Waals surface area contributed by atoms with E-state index >= 15 is 0 Å². The van der Waals surface area contributed by atoms with Gasteiger partial charge in [0, 0.05) is 25.5 Å². The van der Waals surface area contributed by atoms with E-state index in [9.17, 15) is 9.90 Å². The summed E-state index contributed by atoms with van der Waals surface area (Å²) in [5, 5.41) is 12.0. The highest BCUT2D eigenvalue weighted by atomic mass is 16.3. The molecule has 1 amide bonds. The van der Waals surface area contributed by atoms with Crippen LogP contribution in [-0.4, -0.2) is 64.7 Å². The second kappa shape index (κ2) is 6.46. The van der Waals surface area contributed by atoms with Gasteiger partial charge in [0.2, 0.25) is 0 Å². The standard InChI is InChI=1S/C20H29N3O2/c1-14-8-6-9-16-15(2)18(22(5)17(14)16)19(24)23-11-7-10-20(25,13-23)12-21(3)4/h6,8-9,25H,7,10-13H2,1-5H3/t20-/m0/s1. The highest BCUT2D eigenvalue weighted by Gasteiger charge is 2.37. The minimum Gasteiger partial charge on any atom is -0.387 e. The maximum atomic E-state index is 13.3. The van der Waals surface area contributed by atoms with E-state index in [0.717, 1.165) is 35.0 Å². The van der Waals surface area contributed by atoms with Crippen LogP contribution in [0.3, 0.4) is 0 Å². The number of rotatable bonds is 3. The number of carbonyl (C=O) groups excluding carboxylic acids is 1. The molecule has 1 N–H and O–H groups in total. The second-order valence-electron chi connectivity index (χ2n) is 7.80. The zero-order valence-electron chi connectivity index (χ0n) is 16.0. The third-order valence-corrected chi connectivity index (χ3v) is 5.32. The summed E-state index contributed by atoms with van der Waals surface area (Å²) in [5.41, 5.74) is 3.21. The molecule has 1 saturated heterocycles. The fourth-order valence-electron chi connectivity index (χ4n) is 4.35. The summed E-state index contributed by atoms with van der Waals surface area (Å²) in [6.07, 6.45) is 1.57. The zero-order chi connectivity index (χ0) is 18.4. The monoisotopic (exact) mass is 343 g/mol. The zero-order valence-corrected chi connectivity index (χ0v) is 16.0. The van der Waals surface area contributed by atoms with Crippen molar-refractivity contribution in [3.05, 3.63) is 35.0 Å². The van der Waals surface area contributed by atoms with E-state index in [1.807, 2.05) is 48.5 Å². The number of nitrogens with zero attached hydrogens (tertiary/aromatic N) is 3. The summed E-state index contributed by atoms with van der Waals surface area (Å²) in [6, 6.07) is 6.19. The molecule has 2 aromatic rings. The Morgan fingerprint density at radius 1 is 1.32 bits per heavy atom. The predicted octanol–water partition coefficient (Wildman–Crippen LogP) is 2.32. The summed E-state index contributed by atoms with van der Waals surface area (Å²) in [4.78, 5) is 17.1. The fraction of sp³-hybridized carbons (Fsp3) is 0.550. The number of amides is 1. The Balaban J connectivity index is 1.96. The maximum absolute atomic E-state index is 13.3. The minimum absolute atomic E-state index is 0.0208. The van der Waals surface area contributed by atoms with Gasteiger partial charge in [0.05, 0.1) is 17.7 Å². The first kappa shape index (κ1) is 18.0. The minimum atomic E-state index is -0.828.